The number of nitrogens with one attached hydrogen (secondary N) is 2. The lowest BCUT2D eigenvalue weighted by Gasteiger charge is -2.21. The van der Waals surface area contributed by atoms with Gasteiger partial charge in [-0.2, -0.15) is 0 Å². The van der Waals surface area contributed by atoms with Gasteiger partial charge in [-0.25, -0.2) is 4.79 Å². The number of amides is 2. The number of rotatable bonds is 7. The molecule has 24 heavy (non-hydrogen) atoms. The summed E-state index contributed by atoms with van der Waals surface area (Å²) in [6, 6.07) is 8.34. The summed E-state index contributed by atoms with van der Waals surface area (Å²) >= 11 is 0. The smallest absolute Gasteiger partial charge is 0.315 e. The molecule has 3 N–H and O–H groups in total. The van der Waals surface area contributed by atoms with Crippen molar-refractivity contribution >= 4 is 6.03 Å². The molecule has 0 aliphatic heterocycles. The quantitative estimate of drug-likeness (QED) is 0.720. The average Bonchev–Trinajstić information content (AvgIpc) is 3.13. The number of methoxy groups -OCH3 is 2. The van der Waals surface area contributed by atoms with Crippen LogP contribution in [0.3, 0.4) is 0 Å². The molecule has 0 saturated carbocycles. The lowest BCUT2D eigenvalue weighted by Crippen LogP contribution is -2.43. The van der Waals surface area contributed by atoms with Gasteiger partial charge >= 0.3 is 6.03 Å². The van der Waals surface area contributed by atoms with E-state index < -0.39 is 11.6 Å². The van der Waals surface area contributed by atoms with Crippen molar-refractivity contribution in [2.24, 2.45) is 0 Å². The van der Waals surface area contributed by atoms with Crippen LogP contribution < -0.4 is 20.1 Å². The molecule has 2 aromatic rings. The van der Waals surface area contributed by atoms with E-state index in [9.17, 15) is 9.90 Å². The number of carbonyl (C=O) groups excluding carboxylic acids is 1. The lowest BCUT2D eigenvalue weighted by atomic mass is 10.0. The van der Waals surface area contributed by atoms with Crippen LogP contribution in [0.1, 0.15) is 18.2 Å². The van der Waals surface area contributed by atoms with E-state index in [1.54, 1.807) is 45.4 Å². The molecule has 0 bridgehead atoms. The zero-order valence-corrected chi connectivity index (χ0v) is 14.0. The van der Waals surface area contributed by atoms with Crippen LogP contribution in [0.25, 0.3) is 0 Å². The predicted octanol–water partition coefficient (Wildman–Crippen LogP) is 2.00. The Bertz CT molecular complexity index is 668. The first-order valence-electron chi connectivity index (χ1n) is 7.45. The molecule has 2 amide bonds. The fourth-order valence-electron chi connectivity index (χ4n) is 2.16. The van der Waals surface area contributed by atoms with Gasteiger partial charge in [0.1, 0.15) is 11.4 Å². The van der Waals surface area contributed by atoms with E-state index in [0.29, 0.717) is 23.8 Å². The highest BCUT2D eigenvalue weighted by molar-refractivity contribution is 5.74. The Kier molecular flexibility index (Phi) is 5.70. The van der Waals surface area contributed by atoms with Crippen molar-refractivity contribution < 1.29 is 23.8 Å². The lowest BCUT2D eigenvalue weighted by molar-refractivity contribution is 0.0367. The van der Waals surface area contributed by atoms with Crippen LogP contribution in [0, 0.1) is 0 Å². The third-order valence-corrected chi connectivity index (χ3v) is 3.55. The Hall–Kier alpha value is -2.67. The summed E-state index contributed by atoms with van der Waals surface area (Å²) in [5.74, 6) is 1.61. The molecule has 1 atom stereocenters. The van der Waals surface area contributed by atoms with Gasteiger partial charge in [-0.15, -0.1) is 0 Å². The fraction of sp³-hybridized carbons (Fsp3) is 0.353. The van der Waals surface area contributed by atoms with E-state index in [-0.39, 0.29) is 6.54 Å². The van der Waals surface area contributed by atoms with Crippen LogP contribution >= 0.6 is 0 Å². The highest BCUT2D eigenvalue weighted by atomic mass is 16.5. The summed E-state index contributed by atoms with van der Waals surface area (Å²) in [6.45, 7) is 1.91. The standard InChI is InChI=1S/C17H22N2O5/c1-17(21,15-5-4-8-24-15)11-19-16(20)18-10-12-6-7-13(22-2)14(9-12)23-3/h4-9,21H,10-11H2,1-3H3,(H2,18,19,20)/t17-/m1/s1. The zero-order chi connectivity index (χ0) is 17.6. The summed E-state index contributed by atoms with van der Waals surface area (Å²) in [5.41, 5.74) is -0.412. The first kappa shape index (κ1) is 17.7. The maximum Gasteiger partial charge on any atom is 0.315 e. The summed E-state index contributed by atoms with van der Waals surface area (Å²) in [4.78, 5) is 11.9. The second-order valence-electron chi connectivity index (χ2n) is 5.48. The molecule has 1 aromatic carbocycles. The topological polar surface area (TPSA) is 93.0 Å². The van der Waals surface area contributed by atoms with Gasteiger partial charge in [-0.1, -0.05) is 6.07 Å². The summed E-state index contributed by atoms with van der Waals surface area (Å²) in [5, 5.41) is 15.6. The third-order valence-electron chi connectivity index (χ3n) is 3.55. The molecule has 1 heterocycles. The number of benzene rings is 1. The van der Waals surface area contributed by atoms with Gasteiger partial charge in [0.25, 0.3) is 0 Å². The molecule has 0 spiro atoms. The summed E-state index contributed by atoms with van der Waals surface area (Å²) in [7, 11) is 3.12. The van der Waals surface area contributed by atoms with Crippen LogP contribution in [0.2, 0.25) is 0 Å². The molecule has 0 fully saturated rings. The average molecular weight is 334 g/mol. The first-order chi connectivity index (χ1) is 11.5. The van der Waals surface area contributed by atoms with Gasteiger partial charge in [0.05, 0.1) is 27.0 Å². The summed E-state index contributed by atoms with van der Waals surface area (Å²) < 4.78 is 15.5. The Morgan fingerprint density at radius 2 is 1.96 bits per heavy atom. The summed E-state index contributed by atoms with van der Waals surface area (Å²) in [6.07, 6.45) is 1.47. The van der Waals surface area contributed by atoms with Gasteiger partial charge in [-0.05, 0) is 36.8 Å². The highest BCUT2D eigenvalue weighted by Crippen LogP contribution is 2.27. The van der Waals surface area contributed by atoms with Crippen LogP contribution in [0.5, 0.6) is 11.5 Å². The molecule has 7 heteroatoms. The van der Waals surface area contributed by atoms with Crippen molar-refractivity contribution in [3.05, 3.63) is 47.9 Å². The zero-order valence-electron chi connectivity index (χ0n) is 14.0. The Balaban J connectivity index is 1.85. The number of carbonyl (C=O) groups is 1. The van der Waals surface area contributed by atoms with Crippen molar-refractivity contribution in [2.45, 2.75) is 19.1 Å². The number of furan rings is 1. The van der Waals surface area contributed by atoms with Crippen LogP contribution in [-0.4, -0.2) is 31.9 Å². The monoisotopic (exact) mass is 334 g/mol. The normalized spacial score (nSPS) is 13.0. The molecule has 2 rings (SSSR count). The van der Waals surface area contributed by atoms with Crippen molar-refractivity contribution in [1.29, 1.82) is 0 Å². The molecule has 1 aromatic heterocycles. The van der Waals surface area contributed by atoms with E-state index in [1.165, 1.54) is 6.26 Å². The molecular weight excluding hydrogens is 312 g/mol. The molecular formula is C17H22N2O5. The number of urea groups is 1. The number of ether oxygens (including phenoxy) is 2. The predicted molar refractivity (Wildman–Crippen MR) is 88.1 cm³/mol. The van der Waals surface area contributed by atoms with E-state index in [2.05, 4.69) is 10.6 Å². The minimum atomic E-state index is -1.27. The van der Waals surface area contributed by atoms with Gasteiger partial charge < -0.3 is 29.6 Å². The van der Waals surface area contributed by atoms with E-state index in [0.717, 1.165) is 5.56 Å². The highest BCUT2D eigenvalue weighted by Gasteiger charge is 2.26. The second kappa shape index (κ2) is 7.74. The molecule has 7 nitrogen and oxygen atoms in total. The van der Waals surface area contributed by atoms with Crippen LogP contribution in [0.15, 0.2) is 41.0 Å². The SMILES string of the molecule is COc1ccc(CNC(=O)NC[C@@](C)(O)c2ccco2)cc1OC. The van der Waals surface area contributed by atoms with E-state index >= 15 is 0 Å². The minimum Gasteiger partial charge on any atom is -0.493 e. The maximum absolute atomic E-state index is 11.9. The molecule has 0 aliphatic rings. The first-order valence-corrected chi connectivity index (χ1v) is 7.45. The maximum atomic E-state index is 11.9. The molecule has 130 valence electrons. The van der Waals surface area contributed by atoms with Gasteiger partial charge in [0.15, 0.2) is 11.5 Å². The second-order valence-corrected chi connectivity index (χ2v) is 5.48. The van der Waals surface area contributed by atoms with Crippen molar-refractivity contribution in [3.63, 3.8) is 0 Å². The van der Waals surface area contributed by atoms with E-state index in [4.69, 9.17) is 13.9 Å². The van der Waals surface area contributed by atoms with Crippen molar-refractivity contribution in [2.75, 3.05) is 20.8 Å². The number of hydrogen-bond acceptors (Lipinski definition) is 5. The van der Waals surface area contributed by atoms with E-state index in [1.807, 2.05) is 6.07 Å². The largest absolute Gasteiger partial charge is 0.493 e. The molecule has 0 saturated heterocycles. The minimum absolute atomic E-state index is 0.0261. The van der Waals surface area contributed by atoms with Gasteiger partial charge in [0, 0.05) is 6.54 Å². The van der Waals surface area contributed by atoms with Crippen LogP contribution in [-0.2, 0) is 12.1 Å². The van der Waals surface area contributed by atoms with Crippen molar-refractivity contribution in [1.82, 2.24) is 10.6 Å². The molecule has 0 radical (unpaired) electrons. The van der Waals surface area contributed by atoms with Gasteiger partial charge in [0.2, 0.25) is 0 Å². The fourth-order valence-corrected chi connectivity index (χ4v) is 2.16. The number of aliphatic hydroxyl groups is 1. The molecule has 0 aliphatic carbocycles. The Labute approximate surface area is 140 Å². The molecule has 0 unspecified atom stereocenters. The van der Waals surface area contributed by atoms with Crippen molar-refractivity contribution in [3.8, 4) is 11.5 Å². The Morgan fingerprint density at radius 3 is 2.58 bits per heavy atom. The third kappa shape index (κ3) is 4.42. The van der Waals surface area contributed by atoms with Gasteiger partial charge in [-0.3, -0.25) is 0 Å². The van der Waals surface area contributed by atoms with Crippen LogP contribution in [0.4, 0.5) is 4.79 Å². The Morgan fingerprint density at radius 1 is 1.21 bits per heavy atom. The number of hydrogen-bond donors (Lipinski definition) is 3.